The first-order chi connectivity index (χ1) is 13.4. The molecule has 0 atom stereocenters. The quantitative estimate of drug-likeness (QED) is 0.727. The number of aromatic nitrogens is 2. The van der Waals surface area contributed by atoms with Crippen molar-refractivity contribution in [2.24, 2.45) is 12.8 Å². The Morgan fingerprint density at radius 2 is 1.93 bits per heavy atom. The number of carbonyl (C=O) groups excluding carboxylic acids is 2. The normalized spacial score (nSPS) is 14.1. The van der Waals surface area contributed by atoms with E-state index in [9.17, 15) is 19.2 Å². The van der Waals surface area contributed by atoms with Crippen molar-refractivity contribution in [2.45, 2.75) is 58.7 Å². The molecule has 1 fully saturated rings. The van der Waals surface area contributed by atoms with Crippen LogP contribution in [-0.2, 0) is 18.3 Å². The Hall–Kier alpha value is -2.82. The van der Waals surface area contributed by atoms with E-state index in [1.807, 2.05) is 0 Å². The van der Waals surface area contributed by atoms with Crippen LogP contribution in [-0.4, -0.2) is 31.9 Å². The van der Waals surface area contributed by atoms with E-state index in [4.69, 9.17) is 10.5 Å². The first-order valence-corrected chi connectivity index (χ1v) is 10.0. The van der Waals surface area contributed by atoms with Crippen LogP contribution in [0, 0.1) is 6.92 Å². The molecule has 0 bridgehead atoms. The molecule has 0 saturated heterocycles. The summed E-state index contributed by atoms with van der Waals surface area (Å²) in [6, 6.07) is -0.929. The zero-order chi connectivity index (χ0) is 21.7. The van der Waals surface area contributed by atoms with E-state index < -0.39 is 17.7 Å². The van der Waals surface area contributed by atoms with Gasteiger partial charge in [0.25, 0.3) is 5.56 Å². The van der Waals surface area contributed by atoms with Crippen molar-refractivity contribution in [1.82, 2.24) is 19.6 Å². The second-order valence-electron chi connectivity index (χ2n) is 8.12. The molecule has 2 aromatic heterocycles. The lowest BCUT2D eigenvalue weighted by Gasteiger charge is -2.24. The van der Waals surface area contributed by atoms with Gasteiger partial charge in [-0.15, -0.1) is 11.3 Å². The number of aryl methyl sites for hydroxylation is 2. The van der Waals surface area contributed by atoms with E-state index >= 15 is 0 Å². The number of rotatable bonds is 3. The van der Waals surface area contributed by atoms with Crippen LogP contribution in [0.3, 0.4) is 0 Å². The van der Waals surface area contributed by atoms with E-state index in [1.165, 1.54) is 20.5 Å². The number of ether oxygens (including phenoxy) is 1. The Balaban J connectivity index is 1.98. The van der Waals surface area contributed by atoms with E-state index in [1.54, 1.807) is 34.7 Å². The molecule has 1 aliphatic carbocycles. The van der Waals surface area contributed by atoms with Gasteiger partial charge in [0.1, 0.15) is 10.4 Å². The van der Waals surface area contributed by atoms with Gasteiger partial charge in [0.05, 0.1) is 11.9 Å². The van der Waals surface area contributed by atoms with Gasteiger partial charge in [-0.1, -0.05) is 0 Å². The van der Waals surface area contributed by atoms with Crippen molar-refractivity contribution >= 4 is 33.7 Å². The number of amides is 3. The van der Waals surface area contributed by atoms with Crippen molar-refractivity contribution in [2.75, 3.05) is 0 Å². The fourth-order valence-electron chi connectivity index (χ4n) is 3.02. The summed E-state index contributed by atoms with van der Waals surface area (Å²) in [5.74, 6) is 0. The first-order valence-electron chi connectivity index (χ1n) is 9.20. The highest BCUT2D eigenvalue weighted by Crippen LogP contribution is 2.34. The van der Waals surface area contributed by atoms with Gasteiger partial charge in [-0.2, -0.15) is 0 Å². The van der Waals surface area contributed by atoms with Crippen molar-refractivity contribution in [3.8, 4) is 0 Å². The number of primary amides is 1. The summed E-state index contributed by atoms with van der Waals surface area (Å²) in [4.78, 5) is 50.5. The molecule has 2 heterocycles. The predicted molar refractivity (Wildman–Crippen MR) is 109 cm³/mol. The standard InChI is InChI=1S/C18H25N5O5S/c1-9-11(8-22(15(19)25)20-16(26)28-18(2,3)4)29-14-12(9)13(24)23(10-6-7-10)17(27)21(14)5/h10H,6-8H2,1-5H3,(H2,19,25)(H,20,26). The van der Waals surface area contributed by atoms with Crippen LogP contribution in [0.4, 0.5) is 9.59 Å². The highest BCUT2D eigenvalue weighted by molar-refractivity contribution is 7.18. The van der Waals surface area contributed by atoms with Crippen LogP contribution in [0.15, 0.2) is 9.59 Å². The second kappa shape index (κ2) is 7.21. The van der Waals surface area contributed by atoms with Gasteiger partial charge in [0.2, 0.25) is 0 Å². The van der Waals surface area contributed by atoms with Gasteiger partial charge in [0.15, 0.2) is 0 Å². The molecule has 3 N–H and O–H groups in total. The van der Waals surface area contributed by atoms with Crippen molar-refractivity contribution in [3.63, 3.8) is 0 Å². The number of nitrogens with zero attached hydrogens (tertiary/aromatic N) is 3. The molecule has 0 spiro atoms. The van der Waals surface area contributed by atoms with Gasteiger partial charge in [-0.3, -0.25) is 13.9 Å². The monoisotopic (exact) mass is 423 g/mol. The summed E-state index contributed by atoms with van der Waals surface area (Å²) in [7, 11) is 1.62. The lowest BCUT2D eigenvalue weighted by Crippen LogP contribution is -2.49. The second-order valence-corrected chi connectivity index (χ2v) is 9.20. The number of hydrazine groups is 1. The third-order valence-corrected chi connectivity index (χ3v) is 5.92. The molecule has 0 aromatic carbocycles. The summed E-state index contributed by atoms with van der Waals surface area (Å²) < 4.78 is 7.91. The number of hydrogen-bond donors (Lipinski definition) is 2. The molecule has 0 aliphatic heterocycles. The summed E-state index contributed by atoms with van der Waals surface area (Å²) in [5.41, 5.74) is 6.96. The zero-order valence-electron chi connectivity index (χ0n) is 17.1. The number of nitrogens with two attached hydrogens (primary N) is 1. The Bertz CT molecular complexity index is 1100. The third kappa shape index (κ3) is 4.14. The molecule has 10 nitrogen and oxygen atoms in total. The molecule has 11 heteroatoms. The largest absolute Gasteiger partial charge is 0.443 e. The van der Waals surface area contributed by atoms with Crippen LogP contribution in [0.1, 0.15) is 50.1 Å². The minimum atomic E-state index is -0.878. The first kappa shape index (κ1) is 20.9. The molecular formula is C18H25N5O5S. The zero-order valence-corrected chi connectivity index (χ0v) is 17.9. The Morgan fingerprint density at radius 1 is 1.31 bits per heavy atom. The number of nitrogens with one attached hydrogen (secondary N) is 1. The maximum atomic E-state index is 12.9. The topological polar surface area (TPSA) is 129 Å². The van der Waals surface area contributed by atoms with Gasteiger partial charge >= 0.3 is 17.8 Å². The lowest BCUT2D eigenvalue weighted by molar-refractivity contribution is 0.0376. The van der Waals surface area contributed by atoms with Gasteiger partial charge in [0, 0.05) is 18.0 Å². The maximum absolute atomic E-state index is 12.9. The SMILES string of the molecule is Cc1c(CN(NC(=O)OC(C)(C)C)C(N)=O)sc2c1c(=O)n(C1CC1)c(=O)n2C. The van der Waals surface area contributed by atoms with Crippen LogP contribution in [0.25, 0.3) is 10.2 Å². The number of fused-ring (bicyclic) bond motifs is 1. The average molecular weight is 423 g/mol. The van der Waals surface area contributed by atoms with E-state index in [2.05, 4.69) is 5.43 Å². The fourth-order valence-corrected chi connectivity index (χ4v) is 4.26. The van der Waals surface area contributed by atoms with E-state index in [0.717, 1.165) is 17.9 Å². The molecule has 29 heavy (non-hydrogen) atoms. The van der Waals surface area contributed by atoms with E-state index in [0.29, 0.717) is 20.7 Å². The highest BCUT2D eigenvalue weighted by Gasteiger charge is 2.30. The van der Waals surface area contributed by atoms with Gasteiger partial charge in [-0.25, -0.2) is 24.8 Å². The van der Waals surface area contributed by atoms with Crippen molar-refractivity contribution in [3.05, 3.63) is 31.3 Å². The molecule has 0 radical (unpaired) electrons. The van der Waals surface area contributed by atoms with E-state index in [-0.39, 0.29) is 23.8 Å². The predicted octanol–water partition coefficient (Wildman–Crippen LogP) is 1.73. The number of thiophene rings is 1. The minimum Gasteiger partial charge on any atom is -0.443 e. The summed E-state index contributed by atoms with van der Waals surface area (Å²) in [6.45, 7) is 6.79. The van der Waals surface area contributed by atoms with Crippen LogP contribution < -0.4 is 22.4 Å². The summed E-state index contributed by atoms with van der Waals surface area (Å²) >= 11 is 1.21. The van der Waals surface area contributed by atoms with Gasteiger partial charge in [-0.05, 0) is 46.1 Å². The number of carbonyl (C=O) groups is 2. The van der Waals surface area contributed by atoms with Crippen molar-refractivity contribution < 1.29 is 14.3 Å². The Kier molecular flexibility index (Phi) is 5.20. The number of urea groups is 1. The van der Waals surface area contributed by atoms with Gasteiger partial charge < -0.3 is 10.5 Å². The molecule has 158 valence electrons. The smallest absolute Gasteiger partial charge is 0.426 e. The minimum absolute atomic E-state index is 0.0516. The fraction of sp³-hybridized carbons (Fsp3) is 0.556. The maximum Gasteiger partial charge on any atom is 0.426 e. The summed E-state index contributed by atoms with van der Waals surface area (Å²) in [6.07, 6.45) is 0.802. The van der Waals surface area contributed by atoms with Crippen LogP contribution in [0.2, 0.25) is 0 Å². The Labute approximate surface area is 170 Å². The molecule has 0 unspecified atom stereocenters. The van der Waals surface area contributed by atoms with Crippen LogP contribution in [0.5, 0.6) is 0 Å². The molecule has 1 aliphatic rings. The Morgan fingerprint density at radius 3 is 2.45 bits per heavy atom. The molecule has 2 aromatic rings. The van der Waals surface area contributed by atoms with Crippen LogP contribution >= 0.6 is 11.3 Å². The molecule has 1 saturated carbocycles. The summed E-state index contributed by atoms with van der Waals surface area (Å²) in [5, 5.41) is 1.37. The highest BCUT2D eigenvalue weighted by atomic mass is 32.1. The molecule has 3 rings (SSSR count). The lowest BCUT2D eigenvalue weighted by atomic mass is 10.2. The average Bonchev–Trinajstić information content (AvgIpc) is 3.35. The molecule has 3 amide bonds. The molecular weight excluding hydrogens is 398 g/mol. The number of hydrogen-bond acceptors (Lipinski definition) is 6. The third-order valence-electron chi connectivity index (χ3n) is 4.56. The van der Waals surface area contributed by atoms with Crippen molar-refractivity contribution in [1.29, 1.82) is 0 Å².